The van der Waals surface area contributed by atoms with E-state index in [0.29, 0.717) is 33.7 Å². The van der Waals surface area contributed by atoms with E-state index in [2.05, 4.69) is 31.4 Å². The molecule has 0 atom stereocenters. The van der Waals surface area contributed by atoms with Gasteiger partial charge in [0.15, 0.2) is 5.69 Å². The monoisotopic (exact) mass is 551 g/mol. The lowest BCUT2D eigenvalue weighted by molar-refractivity contribution is -0.142. The van der Waals surface area contributed by atoms with Crippen LogP contribution in [-0.2, 0) is 24.1 Å². The maximum absolute atomic E-state index is 13.0. The number of carbonyl (C=O) groups excluding carboxylic acids is 1. The van der Waals surface area contributed by atoms with Gasteiger partial charge in [-0.05, 0) is 54.4 Å². The first-order valence-electron chi connectivity index (χ1n) is 9.46. The van der Waals surface area contributed by atoms with Crippen molar-refractivity contribution >= 4 is 50.7 Å². The lowest BCUT2D eigenvalue weighted by Gasteiger charge is -2.09. The highest BCUT2D eigenvalue weighted by atomic mass is 79.9. The average molecular weight is 553 g/mol. The summed E-state index contributed by atoms with van der Waals surface area (Å²) in [6, 6.07) is 5.18. The van der Waals surface area contributed by atoms with Crippen LogP contribution in [-0.4, -0.2) is 25.5 Å². The maximum atomic E-state index is 13.0. The first kappa shape index (κ1) is 24.6. The molecule has 0 aliphatic heterocycles. The molecule has 12 heteroatoms. The number of carbonyl (C=O) groups is 1. The maximum Gasteiger partial charge on any atom is 0.436 e. The van der Waals surface area contributed by atoms with Crippen LogP contribution in [0.4, 0.5) is 18.9 Å². The van der Waals surface area contributed by atoms with E-state index >= 15 is 0 Å². The molecule has 0 saturated heterocycles. The number of halogens is 6. The molecule has 2 heterocycles. The first-order valence-corrected chi connectivity index (χ1v) is 11.0. The molecular formula is C20H19BrCl2F3N5O. The molecule has 0 aliphatic rings. The third kappa shape index (κ3) is 5.29. The van der Waals surface area contributed by atoms with Crippen LogP contribution in [0.15, 0.2) is 22.7 Å². The van der Waals surface area contributed by atoms with Crippen LogP contribution in [0.3, 0.4) is 0 Å². The zero-order valence-electron chi connectivity index (χ0n) is 17.3. The number of hydrogen-bond acceptors (Lipinski definition) is 3. The smallest absolute Gasteiger partial charge is 0.323 e. The van der Waals surface area contributed by atoms with Crippen LogP contribution in [0.1, 0.15) is 34.8 Å². The second-order valence-corrected chi connectivity index (χ2v) is 8.84. The van der Waals surface area contributed by atoms with Crippen LogP contribution in [0, 0.1) is 20.8 Å². The van der Waals surface area contributed by atoms with Crippen molar-refractivity contribution in [3.63, 3.8) is 0 Å². The van der Waals surface area contributed by atoms with Gasteiger partial charge < -0.3 is 5.32 Å². The van der Waals surface area contributed by atoms with E-state index in [4.69, 9.17) is 23.2 Å². The van der Waals surface area contributed by atoms with Crippen molar-refractivity contribution in [2.75, 3.05) is 5.32 Å². The molecule has 1 amide bonds. The van der Waals surface area contributed by atoms with Gasteiger partial charge in [-0.1, -0.05) is 29.3 Å². The standard InChI is InChI=1S/C20H19BrCl2F3N5O/c1-10-18(12(3)31(28-10)9-13-4-5-14(22)8-15(13)23)27-16(32)6-7-30-11(2)17(21)19(29-30)20(24,25)26/h4-5,8H,6-7,9H2,1-3H3,(H,27,32). The summed E-state index contributed by atoms with van der Waals surface area (Å²) in [6.45, 7) is 5.46. The molecule has 0 saturated carbocycles. The fourth-order valence-electron chi connectivity index (χ4n) is 3.18. The number of nitrogens with zero attached hydrogens (tertiary/aromatic N) is 4. The van der Waals surface area contributed by atoms with Gasteiger partial charge in [0.1, 0.15) is 0 Å². The van der Waals surface area contributed by atoms with Gasteiger partial charge in [0, 0.05) is 16.5 Å². The van der Waals surface area contributed by atoms with Gasteiger partial charge in [-0.15, -0.1) is 0 Å². The van der Waals surface area contributed by atoms with Crippen molar-refractivity contribution in [1.29, 1.82) is 0 Å². The topological polar surface area (TPSA) is 64.7 Å². The largest absolute Gasteiger partial charge is 0.436 e. The Morgan fingerprint density at radius 2 is 1.81 bits per heavy atom. The van der Waals surface area contributed by atoms with E-state index in [1.54, 1.807) is 29.8 Å². The Morgan fingerprint density at radius 3 is 2.41 bits per heavy atom. The molecule has 0 spiro atoms. The Hall–Kier alpha value is -2.04. The number of benzene rings is 1. The number of anilines is 1. The van der Waals surface area contributed by atoms with E-state index in [-0.39, 0.29) is 23.3 Å². The van der Waals surface area contributed by atoms with Gasteiger partial charge in [0.05, 0.1) is 40.3 Å². The highest BCUT2D eigenvalue weighted by Gasteiger charge is 2.37. The minimum atomic E-state index is -4.58. The zero-order chi connectivity index (χ0) is 23.8. The quantitative estimate of drug-likeness (QED) is 0.397. The molecular weight excluding hydrogens is 534 g/mol. The SMILES string of the molecule is Cc1nn(Cc2ccc(Cl)cc2Cl)c(C)c1NC(=O)CCn1nc(C(F)(F)F)c(Br)c1C. The average Bonchev–Trinajstić information content (AvgIpc) is 3.13. The third-order valence-electron chi connectivity index (χ3n) is 4.93. The van der Waals surface area contributed by atoms with Crippen LogP contribution >= 0.6 is 39.1 Å². The van der Waals surface area contributed by atoms with Crippen LogP contribution in [0.5, 0.6) is 0 Å². The van der Waals surface area contributed by atoms with Crippen LogP contribution in [0.2, 0.25) is 10.0 Å². The van der Waals surface area contributed by atoms with Gasteiger partial charge >= 0.3 is 6.18 Å². The molecule has 1 aromatic carbocycles. The normalized spacial score (nSPS) is 11.8. The minimum Gasteiger partial charge on any atom is -0.323 e. The van der Waals surface area contributed by atoms with Crippen molar-refractivity contribution < 1.29 is 18.0 Å². The molecule has 0 unspecified atom stereocenters. The lowest BCUT2D eigenvalue weighted by Crippen LogP contribution is -2.17. The highest BCUT2D eigenvalue weighted by Crippen LogP contribution is 2.35. The third-order valence-corrected chi connectivity index (χ3v) is 6.47. The molecule has 0 fully saturated rings. The van der Waals surface area contributed by atoms with Crippen molar-refractivity contribution in [3.05, 3.63) is 61.1 Å². The summed E-state index contributed by atoms with van der Waals surface area (Å²) in [7, 11) is 0. The Kier molecular flexibility index (Phi) is 7.26. The van der Waals surface area contributed by atoms with E-state index in [1.807, 2.05) is 6.92 Å². The predicted octanol–water partition coefficient (Wildman–Crippen LogP) is 6.17. The molecule has 3 aromatic rings. The van der Waals surface area contributed by atoms with Crippen molar-refractivity contribution in [2.24, 2.45) is 0 Å². The zero-order valence-corrected chi connectivity index (χ0v) is 20.4. The molecule has 2 aromatic heterocycles. The molecule has 32 heavy (non-hydrogen) atoms. The van der Waals surface area contributed by atoms with Crippen molar-refractivity contribution in [2.45, 2.75) is 46.5 Å². The molecule has 0 radical (unpaired) electrons. The summed E-state index contributed by atoms with van der Waals surface area (Å²) < 4.78 is 41.8. The van der Waals surface area contributed by atoms with Gasteiger partial charge in [-0.2, -0.15) is 23.4 Å². The minimum absolute atomic E-state index is 0.00103. The van der Waals surface area contributed by atoms with Gasteiger partial charge in [-0.25, -0.2) is 0 Å². The summed E-state index contributed by atoms with van der Waals surface area (Å²) in [5.41, 5.74) is 1.99. The van der Waals surface area contributed by atoms with Crippen molar-refractivity contribution in [3.8, 4) is 0 Å². The first-order chi connectivity index (χ1) is 14.9. The highest BCUT2D eigenvalue weighted by molar-refractivity contribution is 9.10. The molecule has 1 N–H and O–H groups in total. The lowest BCUT2D eigenvalue weighted by atomic mass is 10.2. The number of aryl methyl sites for hydroxylation is 2. The number of amides is 1. The molecule has 0 bridgehead atoms. The summed E-state index contributed by atoms with van der Waals surface area (Å²) in [5, 5.41) is 11.9. The Bertz CT molecular complexity index is 1170. The fourth-order valence-corrected chi connectivity index (χ4v) is 4.15. The second-order valence-electron chi connectivity index (χ2n) is 7.21. The van der Waals surface area contributed by atoms with Gasteiger partial charge in [-0.3, -0.25) is 14.2 Å². The van der Waals surface area contributed by atoms with Crippen LogP contribution in [0.25, 0.3) is 0 Å². The van der Waals surface area contributed by atoms with Crippen molar-refractivity contribution in [1.82, 2.24) is 19.6 Å². The number of rotatable bonds is 6. The fraction of sp³-hybridized carbons (Fsp3) is 0.350. The predicted molar refractivity (Wildman–Crippen MR) is 120 cm³/mol. The summed E-state index contributed by atoms with van der Waals surface area (Å²) in [6.07, 6.45) is -4.63. The number of alkyl halides is 3. The Labute approximate surface area is 200 Å². The van der Waals surface area contributed by atoms with E-state index in [9.17, 15) is 18.0 Å². The van der Waals surface area contributed by atoms with Crippen LogP contribution < -0.4 is 5.32 Å². The summed E-state index contributed by atoms with van der Waals surface area (Å²) in [5.74, 6) is -0.361. The van der Waals surface area contributed by atoms with E-state index in [1.165, 1.54) is 6.92 Å². The Balaban J connectivity index is 1.70. The number of aromatic nitrogens is 4. The molecule has 3 rings (SSSR count). The summed E-state index contributed by atoms with van der Waals surface area (Å²) in [4.78, 5) is 12.5. The number of hydrogen-bond donors (Lipinski definition) is 1. The van der Waals surface area contributed by atoms with Gasteiger partial charge in [0.25, 0.3) is 0 Å². The summed E-state index contributed by atoms with van der Waals surface area (Å²) >= 11 is 15.1. The molecule has 6 nitrogen and oxygen atoms in total. The number of nitrogens with one attached hydrogen (secondary N) is 1. The van der Waals surface area contributed by atoms with Gasteiger partial charge in [0.2, 0.25) is 5.91 Å². The second kappa shape index (κ2) is 9.44. The van der Waals surface area contributed by atoms with E-state index in [0.717, 1.165) is 15.9 Å². The molecule has 0 aliphatic carbocycles. The van der Waals surface area contributed by atoms with E-state index < -0.39 is 11.9 Å². The Morgan fingerprint density at radius 1 is 1.12 bits per heavy atom. The molecule has 172 valence electrons.